The molecule has 0 saturated heterocycles. The van der Waals surface area contributed by atoms with Gasteiger partial charge in [-0.25, -0.2) is 0 Å². The molecule has 0 heterocycles. The van der Waals surface area contributed by atoms with Gasteiger partial charge in [0.2, 0.25) is 0 Å². The number of carbonyl (C=O) groups excluding carboxylic acids is 2. The van der Waals surface area contributed by atoms with E-state index in [2.05, 4.69) is 0 Å². The van der Waals surface area contributed by atoms with E-state index in [1.807, 2.05) is 0 Å². The summed E-state index contributed by atoms with van der Waals surface area (Å²) in [5.41, 5.74) is 0. The molecule has 0 aromatic carbocycles. The van der Waals surface area contributed by atoms with Crippen LogP contribution in [0.2, 0.25) is 0 Å². The molecule has 0 amide bonds. The zero-order chi connectivity index (χ0) is 16.7. The zero-order valence-electron chi connectivity index (χ0n) is 13.8. The van der Waals surface area contributed by atoms with E-state index in [9.17, 15) is 0 Å². The van der Waals surface area contributed by atoms with Crippen molar-refractivity contribution in [2.75, 3.05) is 0 Å². The van der Waals surface area contributed by atoms with Crippen molar-refractivity contribution < 1.29 is 252 Å². The van der Waals surface area contributed by atoms with Crippen molar-refractivity contribution in [1.82, 2.24) is 0 Å². The molecule has 0 atom stereocenters. The van der Waals surface area contributed by atoms with Crippen molar-refractivity contribution in [3.05, 3.63) is 0 Å². The standard InChI is InChI=1S/2CH2O3.6Na.H2O3S.3H2O2/c2*2-1(3)4;;;;;;;1-4(2)3;3*1-2/h2*(H2,2,3,4);;;;;;;(H2,1,2,3);3*1-2H/q;;6*+1;;;;/p-6. The van der Waals surface area contributed by atoms with Crippen LogP contribution >= 0.6 is 0 Å². The van der Waals surface area contributed by atoms with Crippen LogP contribution in [0.25, 0.3) is 0 Å². The van der Waals surface area contributed by atoms with E-state index in [0.29, 0.717) is 0 Å². The molecular weight excluding hydrogens is 434 g/mol. The first-order valence-corrected chi connectivity index (χ1v) is 3.32. The van der Waals surface area contributed by atoms with E-state index in [-0.39, 0.29) is 177 Å². The SMILES string of the molecule is O=C([O-])[O-].O=C([O-])[O-].O=S([O-])[O-].OO.OO.OO.[Na+].[Na+].[Na+].[Na+].[Na+].[Na+]. The van der Waals surface area contributed by atoms with E-state index < -0.39 is 23.7 Å². The predicted octanol–water partition coefficient (Wildman–Crippen LogP) is -23.8. The van der Waals surface area contributed by atoms with Gasteiger partial charge in [-0.05, 0) is 12.3 Å². The Bertz CT molecular complexity index is 132. The van der Waals surface area contributed by atoms with E-state index in [4.69, 9.17) is 74.9 Å². The third-order valence-electron chi connectivity index (χ3n) is 0. The second kappa shape index (κ2) is 106. The van der Waals surface area contributed by atoms with E-state index in [1.54, 1.807) is 0 Å². The third kappa shape index (κ3) is 889. The van der Waals surface area contributed by atoms with Crippen LogP contribution in [0.5, 0.6) is 0 Å². The van der Waals surface area contributed by atoms with Crippen LogP contribution < -0.4 is 198 Å². The Morgan fingerprint density at radius 3 is 0.542 bits per heavy atom. The molecule has 0 aliphatic carbocycles. The predicted molar refractivity (Wildman–Crippen MR) is 36.3 cm³/mol. The van der Waals surface area contributed by atoms with Crippen LogP contribution in [0.3, 0.4) is 0 Å². The van der Waals surface area contributed by atoms with Crippen molar-refractivity contribution in [3.63, 3.8) is 0 Å². The topological polar surface area (TPSA) is 311 Å². The first-order chi connectivity index (χ1) is 8.20. The van der Waals surface area contributed by atoms with E-state index in [1.165, 1.54) is 0 Å². The summed E-state index contributed by atoms with van der Waals surface area (Å²) in [5.74, 6) is 0. The molecule has 6 N–H and O–H groups in total. The molecule has 0 aromatic heterocycles. The van der Waals surface area contributed by atoms with Gasteiger partial charge < -0.3 is 39.1 Å². The molecule has 116 valence electrons. The molecule has 22 heteroatoms. The average molecular weight is 440 g/mol. The molecule has 0 bridgehead atoms. The van der Waals surface area contributed by atoms with E-state index >= 15 is 0 Å². The van der Waals surface area contributed by atoms with Crippen LogP contribution in [0.15, 0.2) is 0 Å². The molecule has 0 radical (unpaired) electrons. The second-order valence-electron chi connectivity index (χ2n) is 0.704. The van der Waals surface area contributed by atoms with Crippen molar-refractivity contribution in [1.29, 1.82) is 0 Å². The van der Waals surface area contributed by atoms with Gasteiger partial charge in [0, 0.05) is 0 Å². The van der Waals surface area contributed by atoms with Crippen molar-refractivity contribution in [3.8, 4) is 0 Å². The van der Waals surface area contributed by atoms with Crippen molar-refractivity contribution in [2.24, 2.45) is 0 Å². The fourth-order valence-electron chi connectivity index (χ4n) is 0. The second-order valence-corrected chi connectivity index (χ2v) is 1.11. The van der Waals surface area contributed by atoms with Crippen LogP contribution in [0, 0.1) is 0 Å². The Morgan fingerprint density at radius 2 is 0.542 bits per heavy atom. The molecule has 0 aromatic rings. The summed E-state index contributed by atoms with van der Waals surface area (Å²) in [6.07, 6.45) is -4.67. The van der Waals surface area contributed by atoms with E-state index in [0.717, 1.165) is 0 Å². The van der Waals surface area contributed by atoms with Crippen LogP contribution in [-0.4, -0.2) is 57.2 Å². The molecule has 0 fully saturated rings. The van der Waals surface area contributed by atoms with Crippen LogP contribution in [0.4, 0.5) is 9.59 Å². The molecule has 0 rings (SSSR count). The Kier molecular flexibility index (Phi) is 352. The van der Waals surface area contributed by atoms with Crippen molar-refractivity contribution >= 4 is 23.7 Å². The molecule has 24 heavy (non-hydrogen) atoms. The summed E-state index contributed by atoms with van der Waals surface area (Å²) < 4.78 is 25.3. The smallest absolute Gasteiger partial charge is 0.784 e. The van der Waals surface area contributed by atoms with Gasteiger partial charge in [-0.2, -0.15) is 0 Å². The molecule has 0 saturated carbocycles. The van der Waals surface area contributed by atoms with Crippen LogP contribution in [-0.2, 0) is 11.4 Å². The van der Waals surface area contributed by atoms with Gasteiger partial charge in [-0.15, -0.1) is 11.4 Å². The largest absolute Gasteiger partial charge is 1.00 e. The molecule has 0 unspecified atom stereocenters. The van der Waals surface area contributed by atoms with Crippen molar-refractivity contribution in [2.45, 2.75) is 0 Å². The normalized spacial score (nSPS) is 4.21. The minimum atomic E-state index is -3.11. The number of hydrogen-bond acceptors (Lipinski definition) is 15. The summed E-state index contributed by atoms with van der Waals surface area (Å²) in [7, 11) is 0. The molecule has 0 aliphatic rings. The number of hydrogen-bond donors (Lipinski definition) is 6. The fourth-order valence-corrected chi connectivity index (χ4v) is 0. The number of carboxylic acid groups (broad SMARTS) is 4. The summed E-state index contributed by atoms with van der Waals surface area (Å²) in [6, 6.07) is 0. The molecular formula is C2H6Na6O15S. The van der Waals surface area contributed by atoms with Gasteiger partial charge in [0.15, 0.2) is 0 Å². The molecule has 15 nitrogen and oxygen atoms in total. The Morgan fingerprint density at radius 1 is 0.542 bits per heavy atom. The maximum absolute atomic E-state index is 8.44. The van der Waals surface area contributed by atoms with Gasteiger partial charge in [-0.1, -0.05) is 0 Å². The summed E-state index contributed by atoms with van der Waals surface area (Å²) in [6.45, 7) is 0. The summed E-state index contributed by atoms with van der Waals surface area (Å²) in [4.78, 5) is 16.7. The Labute approximate surface area is 270 Å². The summed E-state index contributed by atoms with van der Waals surface area (Å²) in [5, 5.41) is 69.3. The Balaban J connectivity index is -0.00000000704. The first kappa shape index (κ1) is 79.3. The van der Waals surface area contributed by atoms with Gasteiger partial charge in [-0.3, -0.25) is 35.8 Å². The fraction of sp³-hybridized carbons (Fsp3) is 0. The maximum Gasteiger partial charge on any atom is 1.00 e. The van der Waals surface area contributed by atoms with Crippen LogP contribution in [0.1, 0.15) is 0 Å². The third-order valence-corrected chi connectivity index (χ3v) is 0. The van der Waals surface area contributed by atoms with Gasteiger partial charge in [0.1, 0.15) is 0 Å². The summed E-state index contributed by atoms with van der Waals surface area (Å²) >= 11 is -3.11. The minimum Gasteiger partial charge on any atom is -0.784 e. The van der Waals surface area contributed by atoms with Gasteiger partial charge >= 0.3 is 177 Å². The number of rotatable bonds is 0. The molecule has 0 aliphatic heterocycles. The minimum absolute atomic E-state index is 0. The maximum atomic E-state index is 8.44. The van der Waals surface area contributed by atoms with Gasteiger partial charge in [0.25, 0.3) is 0 Å². The monoisotopic (exact) mass is 440 g/mol. The molecule has 0 spiro atoms. The average Bonchev–Trinajstić information content (AvgIpc) is 2.23. The zero-order valence-corrected chi connectivity index (χ0v) is 26.6. The van der Waals surface area contributed by atoms with Gasteiger partial charge in [0.05, 0.1) is 0 Å². The quantitative estimate of drug-likeness (QED) is 0.0881. The Hall–Kier alpha value is 4.37. The number of carbonyl (C=O) groups is 2. The first-order valence-electron chi connectivity index (χ1n) is 2.32.